The van der Waals surface area contributed by atoms with Crippen molar-refractivity contribution in [3.63, 3.8) is 0 Å². The monoisotopic (exact) mass is 269 g/mol. The van der Waals surface area contributed by atoms with E-state index in [1.54, 1.807) is 0 Å². The summed E-state index contributed by atoms with van der Waals surface area (Å²) in [6.45, 7) is 0. The standard InChI is InChI=1S/C10H9ClFN5O/c1-18-10-16-8(13)15-9(17-10)14-5-2-3-7(12)6(11)4-5/h2-4H,1H3,(H3,13,14,15,16,17). The van der Waals surface area contributed by atoms with Gasteiger partial charge in [0.1, 0.15) is 5.82 Å². The van der Waals surface area contributed by atoms with Crippen molar-refractivity contribution in [3.8, 4) is 6.01 Å². The molecule has 2 rings (SSSR count). The highest BCUT2D eigenvalue weighted by atomic mass is 35.5. The van der Waals surface area contributed by atoms with Crippen LogP contribution in [0.2, 0.25) is 5.02 Å². The minimum absolute atomic E-state index is 0.00556. The summed E-state index contributed by atoms with van der Waals surface area (Å²) < 4.78 is 17.8. The Morgan fingerprint density at radius 3 is 2.78 bits per heavy atom. The highest BCUT2D eigenvalue weighted by Gasteiger charge is 2.06. The van der Waals surface area contributed by atoms with Gasteiger partial charge in [-0.25, -0.2) is 4.39 Å². The van der Waals surface area contributed by atoms with E-state index < -0.39 is 5.82 Å². The van der Waals surface area contributed by atoms with Crippen molar-refractivity contribution in [1.82, 2.24) is 15.0 Å². The van der Waals surface area contributed by atoms with Crippen LogP contribution in [0, 0.1) is 5.82 Å². The number of methoxy groups -OCH3 is 1. The fraction of sp³-hybridized carbons (Fsp3) is 0.100. The zero-order chi connectivity index (χ0) is 13.1. The smallest absolute Gasteiger partial charge is 0.322 e. The fourth-order valence-corrected chi connectivity index (χ4v) is 1.40. The van der Waals surface area contributed by atoms with Crippen LogP contribution in [0.5, 0.6) is 6.01 Å². The molecule has 6 nitrogen and oxygen atoms in total. The molecule has 0 unspecified atom stereocenters. The van der Waals surface area contributed by atoms with Gasteiger partial charge < -0.3 is 15.8 Å². The lowest BCUT2D eigenvalue weighted by Gasteiger charge is -2.06. The molecule has 18 heavy (non-hydrogen) atoms. The summed E-state index contributed by atoms with van der Waals surface area (Å²) in [6, 6.07) is 4.21. The van der Waals surface area contributed by atoms with E-state index in [2.05, 4.69) is 20.3 Å². The normalized spacial score (nSPS) is 10.2. The van der Waals surface area contributed by atoms with Crippen LogP contribution in [0.25, 0.3) is 0 Å². The molecule has 94 valence electrons. The number of aromatic nitrogens is 3. The molecule has 1 heterocycles. The summed E-state index contributed by atoms with van der Waals surface area (Å²) in [6.07, 6.45) is 0. The largest absolute Gasteiger partial charge is 0.467 e. The molecule has 0 aliphatic heterocycles. The molecule has 1 aromatic carbocycles. The van der Waals surface area contributed by atoms with Crippen LogP contribution in [0.15, 0.2) is 18.2 Å². The van der Waals surface area contributed by atoms with Crippen LogP contribution in [-0.2, 0) is 0 Å². The van der Waals surface area contributed by atoms with E-state index in [4.69, 9.17) is 22.1 Å². The topological polar surface area (TPSA) is 86.0 Å². The number of nitrogens with zero attached hydrogens (tertiary/aromatic N) is 3. The summed E-state index contributed by atoms with van der Waals surface area (Å²) in [5, 5.41) is 2.81. The Bertz CT molecular complexity index is 580. The molecule has 0 spiro atoms. The molecule has 1 aromatic heterocycles. The molecule has 0 saturated heterocycles. The highest BCUT2D eigenvalue weighted by molar-refractivity contribution is 6.31. The Hall–Kier alpha value is -2.15. The Morgan fingerprint density at radius 1 is 1.33 bits per heavy atom. The van der Waals surface area contributed by atoms with Gasteiger partial charge in [-0.3, -0.25) is 0 Å². The summed E-state index contributed by atoms with van der Waals surface area (Å²) >= 11 is 5.65. The molecule has 3 N–H and O–H groups in total. The number of hydrogen-bond acceptors (Lipinski definition) is 6. The SMILES string of the molecule is COc1nc(N)nc(Nc2ccc(F)c(Cl)c2)n1. The second kappa shape index (κ2) is 5.01. The van der Waals surface area contributed by atoms with Gasteiger partial charge in [0.15, 0.2) is 0 Å². The Balaban J connectivity index is 2.27. The average molecular weight is 270 g/mol. The molecule has 0 bridgehead atoms. The lowest BCUT2D eigenvalue weighted by atomic mass is 10.3. The average Bonchev–Trinajstić information content (AvgIpc) is 2.33. The van der Waals surface area contributed by atoms with Crippen molar-refractivity contribution in [2.45, 2.75) is 0 Å². The van der Waals surface area contributed by atoms with Gasteiger partial charge in [-0.15, -0.1) is 0 Å². The zero-order valence-electron chi connectivity index (χ0n) is 9.32. The maximum atomic E-state index is 13.0. The molecule has 0 fully saturated rings. The van der Waals surface area contributed by atoms with Crippen LogP contribution in [0.1, 0.15) is 0 Å². The van der Waals surface area contributed by atoms with E-state index >= 15 is 0 Å². The predicted molar refractivity (Wildman–Crippen MR) is 65.5 cm³/mol. The maximum Gasteiger partial charge on any atom is 0.322 e. The first-order chi connectivity index (χ1) is 8.58. The summed E-state index contributed by atoms with van der Waals surface area (Å²) in [5.41, 5.74) is 6.00. The minimum Gasteiger partial charge on any atom is -0.467 e. The summed E-state index contributed by atoms with van der Waals surface area (Å²) in [5.74, 6) is -0.311. The zero-order valence-corrected chi connectivity index (χ0v) is 10.1. The number of nitrogens with two attached hydrogens (primary N) is 1. The molecule has 0 aliphatic rings. The van der Waals surface area contributed by atoms with Gasteiger partial charge in [0, 0.05) is 5.69 Å². The van der Waals surface area contributed by atoms with Crippen molar-refractivity contribution in [1.29, 1.82) is 0 Å². The fourth-order valence-electron chi connectivity index (χ4n) is 1.22. The number of anilines is 3. The van der Waals surface area contributed by atoms with Crippen molar-refractivity contribution in [2.75, 3.05) is 18.2 Å². The van der Waals surface area contributed by atoms with Crippen LogP contribution < -0.4 is 15.8 Å². The Labute approximate surface area is 107 Å². The number of halogens is 2. The lowest BCUT2D eigenvalue weighted by molar-refractivity contribution is 0.380. The van der Waals surface area contributed by atoms with Crippen molar-refractivity contribution < 1.29 is 9.13 Å². The quantitative estimate of drug-likeness (QED) is 0.886. The first-order valence-corrected chi connectivity index (χ1v) is 5.24. The molecular weight excluding hydrogens is 261 g/mol. The summed E-state index contributed by atoms with van der Waals surface area (Å²) in [4.78, 5) is 11.5. The second-order valence-corrected chi connectivity index (χ2v) is 3.67. The third-order valence-electron chi connectivity index (χ3n) is 1.99. The Kier molecular flexibility index (Phi) is 3.42. The lowest BCUT2D eigenvalue weighted by Crippen LogP contribution is -2.05. The van der Waals surface area contributed by atoms with Crippen molar-refractivity contribution in [3.05, 3.63) is 29.0 Å². The molecule has 2 aromatic rings. The second-order valence-electron chi connectivity index (χ2n) is 3.26. The first-order valence-electron chi connectivity index (χ1n) is 4.86. The third kappa shape index (κ3) is 2.75. The number of nitrogen functional groups attached to an aromatic ring is 1. The van der Waals surface area contributed by atoms with Gasteiger partial charge >= 0.3 is 6.01 Å². The van der Waals surface area contributed by atoms with Crippen molar-refractivity contribution in [2.24, 2.45) is 0 Å². The molecule has 0 aliphatic carbocycles. The van der Waals surface area contributed by atoms with Gasteiger partial charge in [-0.05, 0) is 18.2 Å². The molecule has 0 amide bonds. The number of hydrogen-bond donors (Lipinski definition) is 2. The van der Waals surface area contributed by atoms with E-state index in [1.807, 2.05) is 0 Å². The number of nitrogens with one attached hydrogen (secondary N) is 1. The Morgan fingerprint density at radius 2 is 2.11 bits per heavy atom. The van der Waals surface area contributed by atoms with E-state index in [0.717, 1.165) is 0 Å². The number of ether oxygens (including phenoxy) is 1. The van der Waals surface area contributed by atoms with E-state index in [9.17, 15) is 4.39 Å². The molecular formula is C10H9ClFN5O. The van der Waals surface area contributed by atoms with Crippen LogP contribution in [0.4, 0.5) is 22.0 Å². The van der Waals surface area contributed by atoms with E-state index in [-0.39, 0.29) is 22.9 Å². The van der Waals surface area contributed by atoms with E-state index in [1.165, 1.54) is 25.3 Å². The van der Waals surface area contributed by atoms with E-state index in [0.29, 0.717) is 5.69 Å². The van der Waals surface area contributed by atoms with Crippen LogP contribution in [0.3, 0.4) is 0 Å². The predicted octanol–water partition coefficient (Wildman–Crippen LogP) is 2.00. The third-order valence-corrected chi connectivity index (χ3v) is 2.28. The van der Waals surface area contributed by atoms with Crippen LogP contribution >= 0.6 is 11.6 Å². The number of rotatable bonds is 3. The maximum absolute atomic E-state index is 13.0. The molecule has 8 heteroatoms. The van der Waals surface area contributed by atoms with Gasteiger partial charge in [0.05, 0.1) is 12.1 Å². The van der Waals surface area contributed by atoms with Crippen LogP contribution in [-0.4, -0.2) is 22.1 Å². The molecule has 0 atom stereocenters. The highest BCUT2D eigenvalue weighted by Crippen LogP contribution is 2.21. The van der Waals surface area contributed by atoms with Crippen molar-refractivity contribution >= 4 is 29.2 Å². The van der Waals surface area contributed by atoms with Gasteiger partial charge in [0.2, 0.25) is 11.9 Å². The first kappa shape index (κ1) is 12.3. The van der Waals surface area contributed by atoms with Gasteiger partial charge in [-0.1, -0.05) is 11.6 Å². The summed E-state index contributed by atoms with van der Waals surface area (Å²) in [7, 11) is 1.41. The van der Waals surface area contributed by atoms with Gasteiger partial charge in [-0.2, -0.15) is 15.0 Å². The van der Waals surface area contributed by atoms with Gasteiger partial charge in [0.25, 0.3) is 0 Å². The number of benzene rings is 1. The molecule has 0 saturated carbocycles. The minimum atomic E-state index is -0.505. The molecule has 0 radical (unpaired) electrons.